The van der Waals surface area contributed by atoms with Crippen LogP contribution in [-0.4, -0.2) is 32.6 Å². The molecule has 1 atom stereocenters. The second kappa shape index (κ2) is 11.5. The summed E-state index contributed by atoms with van der Waals surface area (Å²) in [5.74, 6) is 1.38. The van der Waals surface area contributed by atoms with Crippen LogP contribution in [0.25, 0.3) is 0 Å². The fourth-order valence-electron chi connectivity index (χ4n) is 4.65. The molecule has 1 amide bonds. The number of ether oxygens (including phenoxy) is 1. The number of carbonyl (C=O) groups excluding carboxylic acids is 2. The minimum absolute atomic E-state index is 0.0591. The molecule has 3 aromatic carbocycles. The van der Waals surface area contributed by atoms with Gasteiger partial charge < -0.3 is 9.30 Å². The van der Waals surface area contributed by atoms with Gasteiger partial charge in [0, 0.05) is 48.3 Å². The molecule has 188 valence electrons. The molecular formula is C30H29N3O3S. The smallest absolute Gasteiger partial charge is 0.263 e. The van der Waals surface area contributed by atoms with Crippen molar-refractivity contribution in [2.24, 2.45) is 0 Å². The highest BCUT2D eigenvalue weighted by Gasteiger charge is 2.25. The van der Waals surface area contributed by atoms with Crippen molar-refractivity contribution in [1.29, 1.82) is 0 Å². The summed E-state index contributed by atoms with van der Waals surface area (Å²) in [7, 11) is 1.78. The Balaban J connectivity index is 1.45. The third kappa shape index (κ3) is 5.78. The van der Waals surface area contributed by atoms with E-state index in [4.69, 9.17) is 4.74 Å². The predicted octanol–water partition coefficient (Wildman–Crippen LogP) is 6.14. The first-order valence-electron chi connectivity index (χ1n) is 12.4. The third-order valence-electron chi connectivity index (χ3n) is 6.60. The highest BCUT2D eigenvalue weighted by Crippen LogP contribution is 2.37. The minimum Gasteiger partial charge on any atom is -0.484 e. The van der Waals surface area contributed by atoms with Crippen LogP contribution in [-0.2, 0) is 18.7 Å². The average molecular weight is 512 g/mol. The van der Waals surface area contributed by atoms with Crippen molar-refractivity contribution < 1.29 is 14.3 Å². The predicted molar refractivity (Wildman–Crippen MR) is 146 cm³/mol. The number of amides is 1. The Morgan fingerprint density at radius 2 is 1.81 bits per heavy atom. The maximum Gasteiger partial charge on any atom is 0.263 e. The summed E-state index contributed by atoms with van der Waals surface area (Å²) in [6, 6.07) is 23.2. The number of carbonyl (C=O) groups is 2. The molecule has 0 radical (unpaired) electrons. The van der Waals surface area contributed by atoms with Crippen LogP contribution in [0, 0.1) is 0 Å². The van der Waals surface area contributed by atoms with E-state index in [0.717, 1.165) is 40.8 Å². The van der Waals surface area contributed by atoms with Gasteiger partial charge in [-0.15, -0.1) is 0 Å². The van der Waals surface area contributed by atoms with Crippen LogP contribution in [0.15, 0.2) is 91.5 Å². The van der Waals surface area contributed by atoms with Gasteiger partial charge in [-0.3, -0.25) is 13.9 Å². The highest BCUT2D eigenvalue weighted by atomic mass is 32.2. The molecular weight excluding hydrogens is 482 g/mol. The molecule has 0 saturated heterocycles. The lowest BCUT2D eigenvalue weighted by molar-refractivity contribution is 0.0891. The molecule has 1 aliphatic rings. The van der Waals surface area contributed by atoms with Crippen LogP contribution in [0.4, 0.5) is 0 Å². The molecule has 0 aliphatic heterocycles. The Morgan fingerprint density at radius 1 is 1.05 bits per heavy atom. The Hall–Kier alpha value is -3.84. The van der Waals surface area contributed by atoms with Crippen LogP contribution in [0.2, 0.25) is 0 Å². The number of benzene rings is 3. The summed E-state index contributed by atoms with van der Waals surface area (Å²) in [6.45, 7) is 0.596. The SMILES string of the molecule is CN(SCc1c(O[C@H](Cn2ccnc2)c2ccccc2)ccc2c1CCCC2=O)C(=O)c1ccccc1. The zero-order chi connectivity index (χ0) is 25.6. The van der Waals surface area contributed by atoms with Crippen molar-refractivity contribution in [3.63, 3.8) is 0 Å². The second-order valence-corrected chi connectivity index (χ2v) is 10.2. The largest absolute Gasteiger partial charge is 0.484 e. The number of nitrogens with zero attached hydrogens (tertiary/aromatic N) is 3. The number of imidazole rings is 1. The van der Waals surface area contributed by atoms with Crippen molar-refractivity contribution in [3.8, 4) is 5.75 Å². The molecule has 0 spiro atoms. The summed E-state index contributed by atoms with van der Waals surface area (Å²) in [5, 5.41) is 0. The van der Waals surface area contributed by atoms with Crippen molar-refractivity contribution in [1.82, 2.24) is 13.9 Å². The standard InChI is InChI=1S/C30H29N3O3S/c1-32(30(35)23-11-6-3-7-12-23)37-20-26-24-13-8-14-27(34)25(24)15-16-28(26)36-29(19-33-18-17-31-21-33)22-9-4-2-5-10-22/h2-7,9-12,15-18,21,29H,8,13-14,19-20H2,1H3/t29-/m1/s1. The van der Waals surface area contributed by atoms with E-state index in [1.807, 2.05) is 71.4 Å². The quantitative estimate of drug-likeness (QED) is 0.253. The molecule has 6 nitrogen and oxygen atoms in total. The number of aromatic nitrogens is 2. The van der Waals surface area contributed by atoms with Crippen molar-refractivity contribution in [2.45, 2.75) is 37.7 Å². The zero-order valence-electron chi connectivity index (χ0n) is 20.7. The average Bonchev–Trinajstić information content (AvgIpc) is 3.46. The van der Waals surface area contributed by atoms with Gasteiger partial charge in [0.15, 0.2) is 5.78 Å². The molecule has 1 aromatic heterocycles. The lowest BCUT2D eigenvalue weighted by Crippen LogP contribution is -2.21. The summed E-state index contributed by atoms with van der Waals surface area (Å²) in [5.41, 5.74) is 4.49. The van der Waals surface area contributed by atoms with Gasteiger partial charge in [0.25, 0.3) is 5.91 Å². The van der Waals surface area contributed by atoms with E-state index in [-0.39, 0.29) is 17.8 Å². The Morgan fingerprint density at radius 3 is 2.54 bits per heavy atom. The first kappa shape index (κ1) is 24.8. The summed E-state index contributed by atoms with van der Waals surface area (Å²) in [4.78, 5) is 29.8. The van der Waals surface area contributed by atoms with Gasteiger partial charge in [-0.25, -0.2) is 4.98 Å². The lowest BCUT2D eigenvalue weighted by Gasteiger charge is -2.26. The van der Waals surface area contributed by atoms with Crippen molar-refractivity contribution >= 4 is 23.6 Å². The van der Waals surface area contributed by atoms with Crippen molar-refractivity contribution in [3.05, 3.63) is 119 Å². The maximum absolute atomic E-state index is 12.9. The number of hydrogen-bond donors (Lipinski definition) is 0. The molecule has 37 heavy (non-hydrogen) atoms. The summed E-state index contributed by atoms with van der Waals surface area (Å²) < 4.78 is 10.4. The van der Waals surface area contributed by atoms with Gasteiger partial charge >= 0.3 is 0 Å². The number of fused-ring (bicyclic) bond motifs is 1. The van der Waals surface area contributed by atoms with E-state index in [1.165, 1.54) is 11.9 Å². The first-order chi connectivity index (χ1) is 18.1. The molecule has 7 heteroatoms. The molecule has 5 rings (SSSR count). The van der Waals surface area contributed by atoms with E-state index in [1.54, 1.807) is 23.9 Å². The molecule has 0 saturated carbocycles. The molecule has 1 heterocycles. The summed E-state index contributed by atoms with van der Waals surface area (Å²) in [6.07, 6.45) is 7.43. The molecule has 0 N–H and O–H groups in total. The van der Waals surface area contributed by atoms with Crippen molar-refractivity contribution in [2.75, 3.05) is 7.05 Å². The van der Waals surface area contributed by atoms with Crippen LogP contribution < -0.4 is 4.74 Å². The normalized spacial score (nSPS) is 13.6. The van der Waals surface area contributed by atoms with E-state index in [0.29, 0.717) is 24.3 Å². The Bertz CT molecular complexity index is 1360. The monoisotopic (exact) mass is 511 g/mol. The number of rotatable bonds is 9. The Kier molecular flexibility index (Phi) is 7.70. The number of hydrogen-bond acceptors (Lipinski definition) is 5. The topological polar surface area (TPSA) is 64.4 Å². The first-order valence-corrected chi connectivity index (χ1v) is 13.4. The van der Waals surface area contributed by atoms with E-state index in [9.17, 15) is 9.59 Å². The zero-order valence-corrected chi connectivity index (χ0v) is 21.6. The van der Waals surface area contributed by atoms with Gasteiger partial charge in [0.1, 0.15) is 11.9 Å². The third-order valence-corrected chi connectivity index (χ3v) is 7.58. The van der Waals surface area contributed by atoms with Gasteiger partial charge in [-0.05, 0) is 60.2 Å². The van der Waals surface area contributed by atoms with E-state index in [2.05, 4.69) is 17.1 Å². The van der Waals surface area contributed by atoms with Gasteiger partial charge in [0.05, 0.1) is 12.9 Å². The lowest BCUT2D eigenvalue weighted by atomic mass is 9.87. The van der Waals surface area contributed by atoms with Gasteiger partial charge in [-0.2, -0.15) is 0 Å². The molecule has 0 bridgehead atoms. The minimum atomic E-state index is -0.250. The van der Waals surface area contributed by atoms with Crippen LogP contribution in [0.3, 0.4) is 0 Å². The fourth-order valence-corrected chi connectivity index (χ4v) is 5.51. The Labute approximate surface area is 221 Å². The number of ketones is 1. The van der Waals surface area contributed by atoms with Gasteiger partial charge in [0.2, 0.25) is 0 Å². The maximum atomic E-state index is 12.9. The second-order valence-electron chi connectivity index (χ2n) is 9.06. The number of Topliss-reactive ketones (excluding diaryl/α,β-unsaturated/α-hetero) is 1. The molecule has 1 aliphatic carbocycles. The van der Waals surface area contributed by atoms with E-state index < -0.39 is 0 Å². The van der Waals surface area contributed by atoms with Crippen LogP contribution in [0.5, 0.6) is 5.75 Å². The van der Waals surface area contributed by atoms with Gasteiger partial charge in [-0.1, -0.05) is 48.5 Å². The molecule has 0 unspecified atom stereocenters. The highest BCUT2D eigenvalue weighted by molar-refractivity contribution is 7.96. The fraction of sp³-hybridized carbons (Fsp3) is 0.233. The van der Waals surface area contributed by atoms with Crippen LogP contribution >= 0.6 is 11.9 Å². The molecule has 4 aromatic rings. The van der Waals surface area contributed by atoms with Crippen LogP contribution in [0.1, 0.15) is 56.4 Å². The summed E-state index contributed by atoms with van der Waals surface area (Å²) >= 11 is 1.43. The molecule has 0 fully saturated rings. The van der Waals surface area contributed by atoms with E-state index >= 15 is 0 Å².